The molecule has 0 aliphatic rings. The summed E-state index contributed by atoms with van der Waals surface area (Å²) in [6, 6.07) is 1.75. The second-order valence-electron chi connectivity index (χ2n) is 3.84. The van der Waals surface area contributed by atoms with Crippen LogP contribution in [0.2, 0.25) is 0 Å². The van der Waals surface area contributed by atoms with E-state index in [4.69, 9.17) is 10.2 Å². The van der Waals surface area contributed by atoms with Gasteiger partial charge in [0.2, 0.25) is 0 Å². The smallest absolute Gasteiger partial charge is 0.416 e. The van der Waals surface area contributed by atoms with Crippen molar-refractivity contribution >= 4 is 5.97 Å². The van der Waals surface area contributed by atoms with Crippen molar-refractivity contribution in [3.63, 3.8) is 0 Å². The molecule has 1 rings (SSSR count). The van der Waals surface area contributed by atoms with Gasteiger partial charge in [-0.3, -0.25) is 0 Å². The normalized spacial score (nSPS) is 15.1. The Morgan fingerprint density at radius 2 is 1.79 bits per heavy atom. The lowest BCUT2D eigenvalue weighted by molar-refractivity contribution is -0.137. The van der Waals surface area contributed by atoms with E-state index in [0.29, 0.717) is 12.1 Å². The molecule has 0 aromatic heterocycles. The molecule has 1 aromatic rings. The van der Waals surface area contributed by atoms with E-state index in [2.05, 4.69) is 0 Å². The summed E-state index contributed by atoms with van der Waals surface area (Å²) >= 11 is 0. The standard InChI is InChI=1S/C11H11F3O5/c12-11(13,14)7-2-5(9(17)8(16)4-15)1-6(3-7)10(18)19/h1-3,8-9,15-17H,4H2,(H,18,19). The highest BCUT2D eigenvalue weighted by molar-refractivity contribution is 5.88. The first kappa shape index (κ1) is 15.4. The molecule has 0 heterocycles. The van der Waals surface area contributed by atoms with Gasteiger partial charge in [-0.2, -0.15) is 13.2 Å². The van der Waals surface area contributed by atoms with Crippen molar-refractivity contribution in [1.29, 1.82) is 0 Å². The molecule has 8 heteroatoms. The number of carboxylic acid groups (broad SMARTS) is 1. The Morgan fingerprint density at radius 1 is 1.21 bits per heavy atom. The molecule has 2 atom stereocenters. The molecule has 0 amide bonds. The first-order valence-electron chi connectivity index (χ1n) is 5.09. The van der Waals surface area contributed by atoms with Crippen molar-refractivity contribution in [2.75, 3.05) is 6.61 Å². The van der Waals surface area contributed by atoms with Crippen LogP contribution in [0.4, 0.5) is 13.2 Å². The summed E-state index contributed by atoms with van der Waals surface area (Å²) in [5, 5.41) is 36.0. The second kappa shape index (κ2) is 5.55. The van der Waals surface area contributed by atoms with E-state index in [0.717, 1.165) is 6.07 Å². The van der Waals surface area contributed by atoms with Gasteiger partial charge >= 0.3 is 12.1 Å². The van der Waals surface area contributed by atoms with Gasteiger partial charge in [0.25, 0.3) is 0 Å². The fraction of sp³-hybridized carbons (Fsp3) is 0.364. The largest absolute Gasteiger partial charge is 0.478 e. The summed E-state index contributed by atoms with van der Waals surface area (Å²) in [7, 11) is 0. The second-order valence-corrected chi connectivity index (χ2v) is 3.84. The molecule has 0 radical (unpaired) electrons. The van der Waals surface area contributed by atoms with E-state index in [-0.39, 0.29) is 0 Å². The van der Waals surface area contributed by atoms with Crippen LogP contribution >= 0.6 is 0 Å². The quantitative estimate of drug-likeness (QED) is 0.653. The van der Waals surface area contributed by atoms with Crippen LogP contribution < -0.4 is 0 Å². The van der Waals surface area contributed by atoms with Gasteiger partial charge in [-0.15, -0.1) is 0 Å². The Morgan fingerprint density at radius 3 is 2.21 bits per heavy atom. The fourth-order valence-corrected chi connectivity index (χ4v) is 1.43. The number of benzene rings is 1. The fourth-order valence-electron chi connectivity index (χ4n) is 1.43. The number of halogens is 3. The van der Waals surface area contributed by atoms with E-state index in [1.807, 2.05) is 0 Å². The van der Waals surface area contributed by atoms with Crippen LogP contribution in [0.3, 0.4) is 0 Å². The average molecular weight is 280 g/mol. The first-order valence-corrected chi connectivity index (χ1v) is 5.09. The van der Waals surface area contributed by atoms with E-state index < -0.39 is 47.7 Å². The molecule has 0 aliphatic heterocycles. The molecular formula is C11H11F3O5. The Kier molecular flexibility index (Phi) is 4.51. The number of hydrogen-bond donors (Lipinski definition) is 4. The van der Waals surface area contributed by atoms with Crippen LogP contribution in [-0.4, -0.2) is 39.1 Å². The van der Waals surface area contributed by atoms with E-state index in [1.165, 1.54) is 0 Å². The van der Waals surface area contributed by atoms with Gasteiger partial charge in [0.05, 0.1) is 17.7 Å². The van der Waals surface area contributed by atoms with Gasteiger partial charge in [0.1, 0.15) is 12.2 Å². The zero-order valence-corrected chi connectivity index (χ0v) is 9.42. The van der Waals surface area contributed by atoms with Gasteiger partial charge in [0.15, 0.2) is 0 Å². The number of rotatable bonds is 4. The number of aliphatic hydroxyl groups is 3. The highest BCUT2D eigenvalue weighted by atomic mass is 19.4. The summed E-state index contributed by atoms with van der Waals surface area (Å²) in [5.41, 5.74) is -2.37. The molecule has 0 saturated heterocycles. The number of carbonyl (C=O) groups is 1. The summed E-state index contributed by atoms with van der Waals surface area (Å²) in [5.74, 6) is -1.60. The molecule has 4 N–H and O–H groups in total. The molecule has 0 spiro atoms. The summed E-state index contributed by atoms with van der Waals surface area (Å²) in [6.45, 7) is -0.875. The number of hydrogen-bond acceptors (Lipinski definition) is 4. The third-order valence-corrected chi connectivity index (χ3v) is 2.42. The van der Waals surface area contributed by atoms with Crippen LogP contribution in [-0.2, 0) is 6.18 Å². The lowest BCUT2D eigenvalue weighted by Gasteiger charge is -2.18. The summed E-state index contributed by atoms with van der Waals surface area (Å²) in [4.78, 5) is 10.7. The predicted octanol–water partition coefficient (Wildman–Crippen LogP) is 0.790. The lowest BCUT2D eigenvalue weighted by atomic mass is 9.98. The van der Waals surface area contributed by atoms with Crippen LogP contribution in [0.15, 0.2) is 18.2 Å². The van der Waals surface area contributed by atoms with Gasteiger partial charge in [0, 0.05) is 0 Å². The predicted molar refractivity (Wildman–Crippen MR) is 56.5 cm³/mol. The molecule has 0 saturated carbocycles. The molecule has 0 fully saturated rings. The van der Waals surface area contributed by atoms with Crippen molar-refractivity contribution in [2.24, 2.45) is 0 Å². The lowest BCUT2D eigenvalue weighted by Crippen LogP contribution is -2.23. The van der Waals surface area contributed by atoms with Crippen molar-refractivity contribution in [1.82, 2.24) is 0 Å². The zero-order valence-electron chi connectivity index (χ0n) is 9.42. The molecule has 1 aromatic carbocycles. The van der Waals surface area contributed by atoms with Crippen molar-refractivity contribution in [3.05, 3.63) is 34.9 Å². The third kappa shape index (κ3) is 3.66. The van der Waals surface area contributed by atoms with E-state index >= 15 is 0 Å². The maximum atomic E-state index is 12.6. The van der Waals surface area contributed by atoms with E-state index in [9.17, 15) is 28.2 Å². The first-order chi connectivity index (χ1) is 8.66. The van der Waals surface area contributed by atoms with Gasteiger partial charge < -0.3 is 20.4 Å². The van der Waals surface area contributed by atoms with Crippen molar-refractivity contribution in [2.45, 2.75) is 18.4 Å². The monoisotopic (exact) mass is 280 g/mol. The van der Waals surface area contributed by atoms with E-state index in [1.54, 1.807) is 0 Å². The minimum Gasteiger partial charge on any atom is -0.478 e. The van der Waals surface area contributed by atoms with Crippen molar-refractivity contribution < 1.29 is 38.4 Å². The SMILES string of the molecule is O=C(O)c1cc(C(O)C(O)CO)cc(C(F)(F)F)c1. The number of aliphatic hydroxyl groups excluding tert-OH is 3. The maximum Gasteiger partial charge on any atom is 0.416 e. The molecule has 106 valence electrons. The Balaban J connectivity index is 3.32. The topological polar surface area (TPSA) is 98.0 Å². The highest BCUT2D eigenvalue weighted by Crippen LogP contribution is 2.32. The molecule has 0 aliphatic carbocycles. The number of carboxylic acids is 1. The van der Waals surface area contributed by atoms with Crippen LogP contribution in [0, 0.1) is 0 Å². The Bertz CT molecular complexity index is 472. The molecule has 5 nitrogen and oxygen atoms in total. The van der Waals surface area contributed by atoms with Crippen LogP contribution in [0.25, 0.3) is 0 Å². The van der Waals surface area contributed by atoms with Gasteiger partial charge in [-0.05, 0) is 23.8 Å². The van der Waals surface area contributed by atoms with Gasteiger partial charge in [-0.1, -0.05) is 0 Å². The molecular weight excluding hydrogens is 269 g/mol. The van der Waals surface area contributed by atoms with Crippen LogP contribution in [0.5, 0.6) is 0 Å². The van der Waals surface area contributed by atoms with Gasteiger partial charge in [-0.25, -0.2) is 4.79 Å². The number of alkyl halides is 3. The molecule has 19 heavy (non-hydrogen) atoms. The molecule has 0 bridgehead atoms. The molecule has 2 unspecified atom stereocenters. The van der Waals surface area contributed by atoms with Crippen molar-refractivity contribution in [3.8, 4) is 0 Å². The average Bonchev–Trinajstić information content (AvgIpc) is 2.35. The number of aromatic carboxylic acids is 1. The highest BCUT2D eigenvalue weighted by Gasteiger charge is 2.33. The Labute approximate surface area is 105 Å². The minimum atomic E-state index is -4.79. The summed E-state index contributed by atoms with van der Waals surface area (Å²) in [6.07, 6.45) is -8.31. The van der Waals surface area contributed by atoms with Crippen LogP contribution in [0.1, 0.15) is 27.6 Å². The third-order valence-electron chi connectivity index (χ3n) is 2.42. The zero-order chi connectivity index (χ0) is 14.8. The maximum absolute atomic E-state index is 12.6. The Hall–Kier alpha value is -1.64. The summed E-state index contributed by atoms with van der Waals surface area (Å²) < 4.78 is 37.7. The minimum absolute atomic E-state index is 0.421.